The van der Waals surface area contributed by atoms with Crippen molar-refractivity contribution in [2.75, 3.05) is 7.11 Å². The number of ether oxygens (including phenoxy) is 1. The molecule has 0 spiro atoms. The first-order valence-electron chi connectivity index (χ1n) is 4.93. The number of halogens is 2. The average molecular weight is 275 g/mol. The van der Waals surface area contributed by atoms with Crippen molar-refractivity contribution in [3.05, 3.63) is 34.9 Å². The van der Waals surface area contributed by atoms with Gasteiger partial charge in [0.15, 0.2) is 5.78 Å². The van der Waals surface area contributed by atoms with E-state index in [2.05, 4.69) is 4.74 Å². The Morgan fingerprint density at radius 2 is 2.06 bits per heavy atom. The van der Waals surface area contributed by atoms with Crippen molar-refractivity contribution in [1.82, 2.24) is 0 Å². The molecule has 1 aromatic carbocycles. The van der Waals surface area contributed by atoms with Crippen LogP contribution in [0.15, 0.2) is 18.2 Å². The second-order valence-electron chi connectivity index (χ2n) is 3.52. The Morgan fingerprint density at radius 1 is 1.41 bits per heavy atom. The Balaban J connectivity index is 3.22. The number of Topliss-reactive ketones (excluding diaryl/α,β-unsaturated/α-hetero) is 1. The van der Waals surface area contributed by atoms with Crippen LogP contribution in [0.25, 0.3) is 0 Å². The van der Waals surface area contributed by atoms with Crippen LogP contribution in [0.3, 0.4) is 0 Å². The highest BCUT2D eigenvalue weighted by atomic mass is 35.5. The van der Waals surface area contributed by atoms with E-state index in [9.17, 15) is 9.59 Å². The molecule has 0 bridgehead atoms. The van der Waals surface area contributed by atoms with Crippen molar-refractivity contribution in [3.63, 3.8) is 0 Å². The minimum absolute atomic E-state index is 0.180. The number of methoxy groups -OCH3 is 1. The predicted molar refractivity (Wildman–Crippen MR) is 66.6 cm³/mol. The Morgan fingerprint density at radius 3 is 2.53 bits per heavy atom. The lowest BCUT2D eigenvalue weighted by atomic mass is 10.0. The van der Waals surface area contributed by atoms with E-state index in [4.69, 9.17) is 23.2 Å². The lowest BCUT2D eigenvalue weighted by molar-refractivity contribution is -0.116. The molecule has 0 aliphatic carbocycles. The summed E-state index contributed by atoms with van der Waals surface area (Å²) in [6.45, 7) is 1.39. The largest absolute Gasteiger partial charge is 0.465 e. The van der Waals surface area contributed by atoms with Gasteiger partial charge in [-0.2, -0.15) is 0 Å². The smallest absolute Gasteiger partial charge is 0.338 e. The maximum atomic E-state index is 11.5. The number of esters is 1. The number of ketones is 1. The molecule has 92 valence electrons. The van der Waals surface area contributed by atoms with Crippen molar-refractivity contribution in [3.8, 4) is 0 Å². The van der Waals surface area contributed by atoms with Crippen molar-refractivity contribution in [2.24, 2.45) is 0 Å². The number of benzene rings is 1. The maximum absolute atomic E-state index is 11.5. The van der Waals surface area contributed by atoms with Gasteiger partial charge in [-0.15, -0.1) is 23.2 Å². The summed E-state index contributed by atoms with van der Waals surface area (Å²) >= 11 is 11.6. The molecule has 0 N–H and O–H groups in total. The second kappa shape index (κ2) is 6.03. The molecule has 3 nitrogen and oxygen atoms in total. The fourth-order valence-electron chi connectivity index (χ4n) is 1.40. The van der Waals surface area contributed by atoms with Gasteiger partial charge in [-0.1, -0.05) is 12.1 Å². The first kappa shape index (κ1) is 14.0. The molecule has 0 fully saturated rings. The quantitative estimate of drug-likeness (QED) is 0.626. The first-order chi connectivity index (χ1) is 8.01. The summed E-state index contributed by atoms with van der Waals surface area (Å²) in [5, 5.41) is -0.761. The van der Waals surface area contributed by atoms with Gasteiger partial charge in [-0.05, 0) is 24.1 Å². The van der Waals surface area contributed by atoms with Crippen LogP contribution < -0.4 is 0 Å². The molecule has 17 heavy (non-hydrogen) atoms. The maximum Gasteiger partial charge on any atom is 0.338 e. The van der Waals surface area contributed by atoms with Crippen LogP contribution in [-0.4, -0.2) is 18.9 Å². The third kappa shape index (κ3) is 3.20. The molecule has 1 atom stereocenters. The zero-order valence-corrected chi connectivity index (χ0v) is 11.0. The number of rotatable bonds is 4. The zero-order chi connectivity index (χ0) is 13.0. The third-order valence-electron chi connectivity index (χ3n) is 2.33. The Kier molecular flexibility index (Phi) is 4.97. The van der Waals surface area contributed by atoms with Gasteiger partial charge in [0.2, 0.25) is 0 Å². The molecule has 0 aliphatic heterocycles. The SMILES string of the molecule is COC(=O)c1cc(C(Cl)C(C)=O)ccc1CCl. The lowest BCUT2D eigenvalue weighted by Gasteiger charge is -2.10. The second-order valence-corrected chi connectivity index (χ2v) is 4.22. The molecule has 1 aromatic rings. The van der Waals surface area contributed by atoms with E-state index in [0.717, 1.165) is 0 Å². The van der Waals surface area contributed by atoms with Crippen molar-refractivity contribution >= 4 is 35.0 Å². The van der Waals surface area contributed by atoms with E-state index < -0.39 is 11.3 Å². The Bertz CT molecular complexity index is 443. The van der Waals surface area contributed by atoms with Crippen molar-refractivity contribution in [1.29, 1.82) is 0 Å². The molecular weight excluding hydrogens is 263 g/mol. The Labute approximate surface area is 110 Å². The normalized spacial score (nSPS) is 12.0. The highest BCUT2D eigenvalue weighted by molar-refractivity contribution is 6.30. The van der Waals surface area contributed by atoms with E-state index in [1.54, 1.807) is 18.2 Å². The molecule has 0 radical (unpaired) electrons. The van der Waals surface area contributed by atoms with E-state index in [1.807, 2.05) is 0 Å². The monoisotopic (exact) mass is 274 g/mol. The third-order valence-corrected chi connectivity index (χ3v) is 3.18. The van der Waals surface area contributed by atoms with Crippen LogP contribution in [0.5, 0.6) is 0 Å². The van der Waals surface area contributed by atoms with E-state index >= 15 is 0 Å². The summed E-state index contributed by atoms with van der Waals surface area (Å²) in [5.74, 6) is -0.478. The molecule has 0 saturated heterocycles. The van der Waals surface area contributed by atoms with Gasteiger partial charge in [0.05, 0.1) is 12.7 Å². The topological polar surface area (TPSA) is 43.4 Å². The molecule has 5 heteroatoms. The van der Waals surface area contributed by atoms with Gasteiger partial charge >= 0.3 is 5.97 Å². The molecular formula is C12H12Cl2O3. The first-order valence-corrected chi connectivity index (χ1v) is 5.90. The summed E-state index contributed by atoms with van der Waals surface area (Å²) in [5.41, 5.74) is 1.55. The average Bonchev–Trinajstić information content (AvgIpc) is 2.35. The summed E-state index contributed by atoms with van der Waals surface area (Å²) < 4.78 is 4.65. The summed E-state index contributed by atoms with van der Waals surface area (Å²) in [4.78, 5) is 22.7. The highest BCUT2D eigenvalue weighted by Gasteiger charge is 2.18. The van der Waals surface area contributed by atoms with E-state index in [0.29, 0.717) is 16.7 Å². The van der Waals surface area contributed by atoms with Crippen LogP contribution in [-0.2, 0) is 15.4 Å². The minimum Gasteiger partial charge on any atom is -0.465 e. The summed E-state index contributed by atoms with van der Waals surface area (Å²) in [7, 11) is 1.29. The van der Waals surface area contributed by atoms with Gasteiger partial charge in [-0.3, -0.25) is 4.79 Å². The number of carbonyl (C=O) groups excluding carboxylic acids is 2. The number of carbonyl (C=O) groups is 2. The van der Waals surface area contributed by atoms with E-state index in [-0.39, 0.29) is 11.7 Å². The molecule has 0 aliphatic rings. The lowest BCUT2D eigenvalue weighted by Crippen LogP contribution is -2.08. The van der Waals surface area contributed by atoms with Gasteiger partial charge < -0.3 is 4.74 Å². The molecule has 0 heterocycles. The van der Waals surface area contributed by atoms with Gasteiger partial charge in [0.25, 0.3) is 0 Å². The fraction of sp³-hybridized carbons (Fsp3) is 0.333. The predicted octanol–water partition coefficient (Wildman–Crippen LogP) is 3.08. The van der Waals surface area contributed by atoms with Gasteiger partial charge in [0, 0.05) is 5.88 Å². The van der Waals surface area contributed by atoms with Crippen LogP contribution in [0.2, 0.25) is 0 Å². The summed E-state index contributed by atoms with van der Waals surface area (Å²) in [6, 6.07) is 4.90. The van der Waals surface area contributed by atoms with Crippen molar-refractivity contribution in [2.45, 2.75) is 18.2 Å². The fourth-order valence-corrected chi connectivity index (χ4v) is 1.77. The molecule has 0 amide bonds. The Hall–Kier alpha value is -1.06. The van der Waals surface area contributed by atoms with Crippen molar-refractivity contribution < 1.29 is 14.3 Å². The van der Waals surface area contributed by atoms with Gasteiger partial charge in [-0.25, -0.2) is 4.79 Å². The minimum atomic E-state index is -0.761. The number of hydrogen-bond donors (Lipinski definition) is 0. The van der Waals surface area contributed by atoms with Crippen LogP contribution in [0.1, 0.15) is 33.8 Å². The molecule has 1 rings (SSSR count). The van der Waals surface area contributed by atoms with Crippen LogP contribution in [0, 0.1) is 0 Å². The number of hydrogen-bond acceptors (Lipinski definition) is 3. The summed E-state index contributed by atoms with van der Waals surface area (Å²) in [6.07, 6.45) is 0. The molecule has 1 unspecified atom stereocenters. The van der Waals surface area contributed by atoms with Crippen LogP contribution >= 0.6 is 23.2 Å². The standard InChI is InChI=1S/C12H12Cl2O3/c1-7(15)11(14)8-3-4-9(6-13)10(5-8)12(16)17-2/h3-5,11H,6H2,1-2H3. The van der Waals surface area contributed by atoms with Crippen LogP contribution in [0.4, 0.5) is 0 Å². The highest BCUT2D eigenvalue weighted by Crippen LogP contribution is 2.25. The van der Waals surface area contributed by atoms with Gasteiger partial charge in [0.1, 0.15) is 5.38 Å². The zero-order valence-electron chi connectivity index (χ0n) is 9.50. The molecule has 0 saturated carbocycles. The van der Waals surface area contributed by atoms with E-state index in [1.165, 1.54) is 14.0 Å². The number of alkyl halides is 2. The molecule has 0 aromatic heterocycles.